The molecule has 0 unspecified atom stereocenters. The Morgan fingerprint density at radius 2 is 1.70 bits per heavy atom. The molecule has 0 atom stereocenters. The Morgan fingerprint density at radius 1 is 1.00 bits per heavy atom. The second-order valence-corrected chi connectivity index (χ2v) is 7.70. The predicted octanol–water partition coefficient (Wildman–Crippen LogP) is 5.19. The molecule has 0 aliphatic heterocycles. The zero-order chi connectivity index (χ0) is 20.5. The van der Waals surface area contributed by atoms with Crippen molar-refractivity contribution in [2.75, 3.05) is 0 Å². The minimum atomic E-state index is -0.214. The Morgan fingerprint density at radius 3 is 2.27 bits per heavy atom. The molecule has 2 aromatic rings. The number of allylic oxidation sites excluding steroid dienone is 9. The summed E-state index contributed by atoms with van der Waals surface area (Å²) in [6, 6.07) is 17.3. The molecule has 151 valence electrons. The van der Waals surface area contributed by atoms with Crippen LogP contribution in [0.2, 0.25) is 0 Å². The van der Waals surface area contributed by atoms with E-state index in [9.17, 15) is 4.79 Å². The number of halogens is 1. The van der Waals surface area contributed by atoms with Crippen LogP contribution in [0.15, 0.2) is 123 Å². The van der Waals surface area contributed by atoms with Gasteiger partial charge in [0.15, 0.2) is 0 Å². The summed E-state index contributed by atoms with van der Waals surface area (Å²) in [6.45, 7) is 0. The van der Waals surface area contributed by atoms with Crippen LogP contribution in [0.1, 0.15) is 10.4 Å². The number of carbonyl (C=O) groups is 1. The maximum absolute atomic E-state index is 12.2. The molecule has 1 radical (unpaired) electrons. The van der Waals surface area contributed by atoms with Gasteiger partial charge >= 0.3 is 175 Å². The van der Waals surface area contributed by atoms with E-state index in [2.05, 4.69) is 54.4 Å². The quantitative estimate of drug-likeness (QED) is 0.232. The van der Waals surface area contributed by atoms with Crippen LogP contribution in [0.4, 0.5) is 0 Å². The molecule has 2 aliphatic carbocycles. The van der Waals surface area contributed by atoms with Gasteiger partial charge in [-0.1, -0.05) is 0 Å². The average Bonchev–Trinajstić information content (AvgIpc) is 3.45. The Balaban J connectivity index is 0.000000468. The van der Waals surface area contributed by atoms with Crippen molar-refractivity contribution in [3.05, 3.63) is 130 Å². The van der Waals surface area contributed by atoms with E-state index in [0.29, 0.717) is 10.3 Å². The summed E-state index contributed by atoms with van der Waals surface area (Å²) in [7, 11) is 0. The number of hydrogen-bond acceptors (Lipinski definition) is 2. The number of nitrogens with zero attached hydrogens (tertiary/aromatic N) is 1. The Labute approximate surface area is 204 Å². The minimum absolute atomic E-state index is 0. The molecule has 0 fully saturated rings. The maximum Gasteiger partial charge on any atom is 2.00 e. The third-order valence-electron chi connectivity index (χ3n) is 3.99. The third-order valence-corrected chi connectivity index (χ3v) is 5.09. The fourth-order valence-corrected chi connectivity index (χ4v) is 3.45. The fourth-order valence-electron chi connectivity index (χ4n) is 2.57. The van der Waals surface area contributed by atoms with E-state index in [1.54, 1.807) is 6.07 Å². The number of rotatable bonds is 2. The van der Waals surface area contributed by atoms with E-state index in [1.165, 1.54) is 5.57 Å². The molecule has 0 spiro atoms. The zero-order valence-corrected chi connectivity index (χ0v) is 20.2. The normalized spacial score (nSPS) is 14.3. The molecule has 0 saturated heterocycles. The zero-order valence-electron chi connectivity index (χ0n) is 15.8. The van der Waals surface area contributed by atoms with Gasteiger partial charge in [0.1, 0.15) is 0 Å². The van der Waals surface area contributed by atoms with Crippen molar-refractivity contribution in [2.24, 2.45) is 4.99 Å². The van der Waals surface area contributed by atoms with Gasteiger partial charge in [0.05, 0.1) is 0 Å². The first kappa shape index (κ1) is 24.1. The average molecular weight is 565 g/mol. The molecule has 0 heterocycles. The molecular weight excluding hydrogens is 547 g/mol. The summed E-state index contributed by atoms with van der Waals surface area (Å²) in [4.78, 5) is 16.6. The number of hydrogen-bond donors (Lipinski definition) is 1. The summed E-state index contributed by atoms with van der Waals surface area (Å²) in [6.07, 6.45) is 16.0. The van der Waals surface area contributed by atoms with Crippen molar-refractivity contribution in [1.29, 1.82) is 0 Å². The van der Waals surface area contributed by atoms with Crippen LogP contribution in [0.5, 0.6) is 0 Å². The van der Waals surface area contributed by atoms with Crippen LogP contribution in [0.25, 0.3) is 0 Å². The van der Waals surface area contributed by atoms with E-state index in [1.807, 2.05) is 85.3 Å². The first-order chi connectivity index (χ1) is 14.1. The smallest absolute Gasteiger partial charge is 0.214 e. The number of amidine groups is 1. The SMILES string of the molecule is O=C(NC([Se])=NC1=C[CH-]C(=C2C=CC=C2)C=C1)c1ccccc1Br.[Fe+2].c1cc[cH-]c1. The second kappa shape index (κ2) is 12.5. The molecule has 0 saturated carbocycles. The van der Waals surface area contributed by atoms with Gasteiger partial charge in [0, 0.05) is 0 Å². The molecule has 6 heteroatoms. The number of amides is 1. The predicted molar refractivity (Wildman–Crippen MR) is 124 cm³/mol. The van der Waals surface area contributed by atoms with Gasteiger partial charge in [-0.15, -0.1) is 0 Å². The van der Waals surface area contributed by atoms with Crippen molar-refractivity contribution in [3.8, 4) is 0 Å². The van der Waals surface area contributed by atoms with Gasteiger partial charge in [0.25, 0.3) is 0 Å². The van der Waals surface area contributed by atoms with Gasteiger partial charge in [-0.05, 0) is 0 Å². The monoisotopic (exact) mass is 565 g/mol. The Hall–Kier alpha value is -2.20. The second-order valence-electron chi connectivity index (χ2n) is 6.03. The molecule has 4 rings (SSSR count). The fraction of sp³-hybridized carbons (Fsp3) is 0. The molecule has 2 aromatic carbocycles. The number of benzene rings is 1. The van der Waals surface area contributed by atoms with E-state index in [0.717, 1.165) is 15.7 Å². The first-order valence-corrected chi connectivity index (χ1v) is 10.6. The maximum atomic E-state index is 12.2. The molecule has 0 aromatic heterocycles. The standard InChI is InChI=1S/C19H13BrN2OSe.C5H5.Fe/c20-17-8-4-3-7-16(17)18(23)22-19(24)21-15-11-9-14(10-12-15)13-5-1-2-6-13;1-2-4-5-3-1;/h1-12H,(H,21,22,23);1-5H;/q2*-1;+2. The third kappa shape index (κ3) is 7.24. The van der Waals surface area contributed by atoms with Gasteiger partial charge in [-0.2, -0.15) is 18.2 Å². The Kier molecular flexibility index (Phi) is 10.0. The van der Waals surface area contributed by atoms with E-state index < -0.39 is 0 Å². The van der Waals surface area contributed by atoms with Gasteiger partial charge in [0.2, 0.25) is 0 Å². The number of aliphatic imine (C=N–C) groups is 1. The van der Waals surface area contributed by atoms with Gasteiger partial charge in [-0.3, -0.25) is 0 Å². The van der Waals surface area contributed by atoms with Gasteiger partial charge < -0.3 is 0 Å². The molecule has 2 aliphatic rings. The Bertz CT molecular complexity index is 1020. The summed E-state index contributed by atoms with van der Waals surface area (Å²) < 4.78 is 1.17. The molecule has 3 nitrogen and oxygen atoms in total. The largest absolute Gasteiger partial charge is 2.00 e. The van der Waals surface area contributed by atoms with Crippen LogP contribution in [0.3, 0.4) is 0 Å². The summed E-state index contributed by atoms with van der Waals surface area (Å²) in [5, 5.41) is 2.75. The van der Waals surface area contributed by atoms with E-state index >= 15 is 0 Å². The number of nitrogens with one attached hydrogen (secondary N) is 1. The summed E-state index contributed by atoms with van der Waals surface area (Å²) >= 11 is 6.16. The van der Waals surface area contributed by atoms with Crippen molar-refractivity contribution < 1.29 is 21.9 Å². The molecule has 0 bridgehead atoms. The van der Waals surface area contributed by atoms with Crippen LogP contribution in [-0.2, 0) is 17.1 Å². The van der Waals surface area contributed by atoms with E-state index in [4.69, 9.17) is 0 Å². The van der Waals surface area contributed by atoms with E-state index in [-0.39, 0.29) is 23.0 Å². The van der Waals surface area contributed by atoms with Crippen LogP contribution in [-0.4, -0.2) is 26.7 Å². The van der Waals surface area contributed by atoms with Crippen molar-refractivity contribution in [2.45, 2.75) is 0 Å². The summed E-state index contributed by atoms with van der Waals surface area (Å²) in [5.74, 6) is -0.214. The minimum Gasteiger partial charge on any atom is -0.214 e. The molecule has 30 heavy (non-hydrogen) atoms. The van der Waals surface area contributed by atoms with Crippen LogP contribution in [0, 0.1) is 6.42 Å². The number of carbonyl (C=O) groups excluding carboxylic acids is 1. The topological polar surface area (TPSA) is 41.5 Å². The van der Waals surface area contributed by atoms with Gasteiger partial charge in [-0.25, -0.2) is 12.1 Å². The molecular formula is C24H18BrFeN2OSe. The summed E-state index contributed by atoms with van der Waals surface area (Å²) in [5.41, 5.74) is 3.65. The van der Waals surface area contributed by atoms with Crippen molar-refractivity contribution in [1.82, 2.24) is 5.32 Å². The van der Waals surface area contributed by atoms with Crippen LogP contribution < -0.4 is 5.32 Å². The molecule has 1 amide bonds. The van der Waals surface area contributed by atoms with Crippen molar-refractivity contribution >= 4 is 42.6 Å². The van der Waals surface area contributed by atoms with Crippen molar-refractivity contribution in [3.63, 3.8) is 0 Å². The van der Waals surface area contributed by atoms with Crippen LogP contribution >= 0.6 is 15.9 Å². The molecule has 1 N–H and O–H groups in total. The first-order valence-electron chi connectivity index (χ1n) is 8.94.